The van der Waals surface area contributed by atoms with Gasteiger partial charge in [-0.25, -0.2) is 0 Å². The Hall–Kier alpha value is -7.34. The maximum absolute atomic E-state index is 6.63. The molecular weight excluding hydrogens is 755 g/mol. The van der Waals surface area contributed by atoms with E-state index in [-0.39, 0.29) is 5.41 Å². The van der Waals surface area contributed by atoms with Gasteiger partial charge < -0.3 is 18.8 Å². The fraction of sp³-hybridized carbons (Fsp3) is 0.0545. The number of hydrogen-bond donors (Lipinski definition) is 0. The summed E-state index contributed by atoms with van der Waals surface area (Å²) < 4.78 is 19.6. The summed E-state index contributed by atoms with van der Waals surface area (Å²) in [6, 6.07) is 66.4. The fourth-order valence-corrected chi connectivity index (χ4v) is 10.4. The monoisotopic (exact) mass is 791 g/mol. The molecule has 1 aliphatic carbocycles. The lowest BCUT2D eigenvalue weighted by atomic mass is 9.82. The molecule has 0 unspecified atom stereocenters. The predicted molar refractivity (Wildman–Crippen MR) is 247 cm³/mol. The topological polar surface area (TPSA) is 34.8 Å². The zero-order chi connectivity index (χ0) is 40.0. The first-order valence-corrected chi connectivity index (χ1v) is 21.1. The fourth-order valence-electron chi connectivity index (χ4n) is 9.20. The lowest BCUT2D eigenvalue weighted by molar-refractivity contribution is 0.364. The quantitative estimate of drug-likeness (QED) is 0.168. The van der Waals surface area contributed by atoms with Crippen molar-refractivity contribution in [3.8, 4) is 66.1 Å². The van der Waals surface area contributed by atoms with Gasteiger partial charge in [0.2, 0.25) is 0 Å². The molecule has 0 N–H and O–H groups in total. The molecule has 0 bridgehead atoms. The van der Waals surface area contributed by atoms with Gasteiger partial charge in [0, 0.05) is 38.8 Å². The SMILES string of the molecule is CC1(C)c2ccccc2-c2ccc(N(c3ccc(-c4sc(-c5ccccc5)c5c4Oc4ccccc4O5)cc3)c3ccc(-c4cccc5c4oc4ccccc45)cc3)cc21. The summed E-state index contributed by atoms with van der Waals surface area (Å²) in [5.74, 6) is 2.94. The van der Waals surface area contributed by atoms with E-state index in [2.05, 4.69) is 164 Å². The molecular formula is C55H37NO3S. The molecule has 10 aromatic rings. The molecule has 0 amide bonds. The summed E-state index contributed by atoms with van der Waals surface area (Å²) in [6.07, 6.45) is 0. The molecule has 1 aliphatic heterocycles. The van der Waals surface area contributed by atoms with E-state index in [9.17, 15) is 0 Å². The smallest absolute Gasteiger partial charge is 0.189 e. The van der Waals surface area contributed by atoms with E-state index >= 15 is 0 Å². The molecule has 0 spiro atoms. The number of ether oxygens (including phenoxy) is 2. The van der Waals surface area contributed by atoms with Crippen LogP contribution in [0, 0.1) is 0 Å². The van der Waals surface area contributed by atoms with Gasteiger partial charge in [0.25, 0.3) is 0 Å². The van der Waals surface area contributed by atoms with Gasteiger partial charge in [0.15, 0.2) is 23.0 Å². The van der Waals surface area contributed by atoms with Crippen LogP contribution in [0.3, 0.4) is 0 Å². The summed E-state index contributed by atoms with van der Waals surface area (Å²) in [6.45, 7) is 4.67. The summed E-state index contributed by atoms with van der Waals surface area (Å²) in [4.78, 5) is 4.43. The Labute approximate surface area is 352 Å². The van der Waals surface area contributed by atoms with Gasteiger partial charge in [0.05, 0.1) is 9.75 Å². The second-order valence-corrected chi connectivity index (χ2v) is 17.1. The minimum atomic E-state index is -0.137. The van der Waals surface area contributed by atoms with Crippen molar-refractivity contribution >= 4 is 50.3 Å². The van der Waals surface area contributed by atoms with Crippen LogP contribution in [-0.2, 0) is 5.41 Å². The number of anilines is 3. The Bertz CT molecular complexity index is 3290. The number of furan rings is 1. The zero-order valence-corrected chi connectivity index (χ0v) is 33.8. The maximum Gasteiger partial charge on any atom is 0.189 e. The second kappa shape index (κ2) is 13.3. The largest absolute Gasteiger partial charge is 0.455 e. The highest BCUT2D eigenvalue weighted by atomic mass is 32.1. The van der Waals surface area contributed by atoms with Crippen molar-refractivity contribution in [3.63, 3.8) is 0 Å². The molecule has 0 radical (unpaired) electrons. The molecule has 12 rings (SSSR count). The van der Waals surface area contributed by atoms with E-state index in [0.29, 0.717) is 5.75 Å². The minimum absolute atomic E-state index is 0.137. The van der Waals surface area contributed by atoms with E-state index < -0.39 is 0 Å². The highest BCUT2D eigenvalue weighted by Gasteiger charge is 2.36. The number of benzene rings is 8. The Morgan fingerprint density at radius 1 is 0.433 bits per heavy atom. The number of fused-ring (bicyclic) bond motifs is 8. The average molecular weight is 792 g/mol. The van der Waals surface area contributed by atoms with Crippen molar-refractivity contribution in [2.24, 2.45) is 0 Å². The number of nitrogens with zero attached hydrogens (tertiary/aromatic N) is 1. The minimum Gasteiger partial charge on any atom is -0.455 e. The second-order valence-electron chi connectivity index (χ2n) is 16.0. The Morgan fingerprint density at radius 2 is 0.983 bits per heavy atom. The van der Waals surface area contributed by atoms with Crippen LogP contribution in [0.25, 0.3) is 65.1 Å². The summed E-state index contributed by atoms with van der Waals surface area (Å²) in [5.41, 5.74) is 14.5. The van der Waals surface area contributed by atoms with Crippen LogP contribution in [0.15, 0.2) is 192 Å². The Balaban J connectivity index is 0.973. The van der Waals surface area contributed by atoms with Gasteiger partial charge >= 0.3 is 0 Å². The molecule has 4 nitrogen and oxygen atoms in total. The van der Waals surface area contributed by atoms with Crippen LogP contribution in [0.1, 0.15) is 25.0 Å². The number of thiophene rings is 1. The first-order chi connectivity index (χ1) is 29.5. The van der Waals surface area contributed by atoms with Crippen molar-refractivity contribution in [1.29, 1.82) is 0 Å². The van der Waals surface area contributed by atoms with Gasteiger partial charge in [-0.1, -0.05) is 147 Å². The first kappa shape index (κ1) is 34.7. The highest BCUT2D eigenvalue weighted by molar-refractivity contribution is 7.19. The molecule has 0 saturated carbocycles. The van der Waals surface area contributed by atoms with Gasteiger partial charge in [0.1, 0.15) is 11.2 Å². The molecule has 0 fully saturated rings. The number of rotatable bonds is 6. The van der Waals surface area contributed by atoms with E-state index in [1.807, 2.05) is 42.5 Å². The van der Waals surface area contributed by atoms with Gasteiger partial charge in [-0.05, 0) is 93.5 Å². The third-order valence-electron chi connectivity index (χ3n) is 12.2. The molecule has 3 heterocycles. The zero-order valence-electron chi connectivity index (χ0n) is 33.0. The molecule has 2 aromatic heterocycles. The highest BCUT2D eigenvalue weighted by Crippen LogP contribution is 2.59. The van der Waals surface area contributed by atoms with Crippen molar-refractivity contribution in [3.05, 3.63) is 199 Å². The molecule has 0 atom stereocenters. The third kappa shape index (κ3) is 5.36. The Morgan fingerprint density at radius 3 is 1.72 bits per heavy atom. The lowest BCUT2D eigenvalue weighted by Gasteiger charge is -2.28. The van der Waals surface area contributed by atoms with Gasteiger partial charge in [-0.3, -0.25) is 0 Å². The molecule has 60 heavy (non-hydrogen) atoms. The van der Waals surface area contributed by atoms with E-state index in [1.54, 1.807) is 11.3 Å². The Kier molecular flexibility index (Phi) is 7.72. The summed E-state index contributed by atoms with van der Waals surface area (Å²) >= 11 is 1.70. The van der Waals surface area contributed by atoms with E-state index in [1.165, 1.54) is 22.3 Å². The van der Waals surface area contributed by atoms with Crippen LogP contribution < -0.4 is 14.4 Å². The van der Waals surface area contributed by atoms with E-state index in [0.717, 1.165) is 88.3 Å². The van der Waals surface area contributed by atoms with Crippen molar-refractivity contribution in [2.75, 3.05) is 4.90 Å². The molecule has 5 heteroatoms. The maximum atomic E-state index is 6.63. The molecule has 8 aromatic carbocycles. The van der Waals surface area contributed by atoms with Crippen molar-refractivity contribution < 1.29 is 13.9 Å². The average Bonchev–Trinajstić information content (AvgIpc) is 3.94. The first-order valence-electron chi connectivity index (χ1n) is 20.3. The molecule has 0 saturated heterocycles. The lowest BCUT2D eigenvalue weighted by Crippen LogP contribution is -2.16. The van der Waals surface area contributed by atoms with Crippen molar-refractivity contribution in [1.82, 2.24) is 0 Å². The van der Waals surface area contributed by atoms with Crippen LogP contribution in [0.4, 0.5) is 17.1 Å². The number of hydrogen-bond acceptors (Lipinski definition) is 5. The van der Waals surface area contributed by atoms with Gasteiger partial charge in [-0.2, -0.15) is 0 Å². The third-order valence-corrected chi connectivity index (χ3v) is 13.4. The standard InChI is InChI=1S/C55H37NO3S/c1-55(2)45-19-8-6-15-41(45)42-32-31-39(33-46(42)55)56(37-27-23-34(24-28-37)40-17-12-18-44-43-16-7-9-20-47(43)57-50(40)44)38-29-25-36(26-30-38)54-52-51(53(60-54)35-13-4-3-5-14-35)58-48-21-10-11-22-49(48)59-52/h3-33H,1-2H3. The summed E-state index contributed by atoms with van der Waals surface area (Å²) in [7, 11) is 0. The molecule has 286 valence electrons. The normalized spacial score (nSPS) is 13.2. The van der Waals surface area contributed by atoms with Crippen LogP contribution in [0.2, 0.25) is 0 Å². The van der Waals surface area contributed by atoms with Crippen molar-refractivity contribution in [2.45, 2.75) is 19.3 Å². The number of para-hydroxylation sites is 4. The molecule has 2 aliphatic rings. The van der Waals surface area contributed by atoms with Gasteiger partial charge in [-0.15, -0.1) is 11.3 Å². The van der Waals surface area contributed by atoms with Crippen LogP contribution >= 0.6 is 11.3 Å². The predicted octanol–water partition coefficient (Wildman–Crippen LogP) is 16.3. The van der Waals surface area contributed by atoms with Crippen LogP contribution in [0.5, 0.6) is 23.0 Å². The van der Waals surface area contributed by atoms with E-state index in [4.69, 9.17) is 13.9 Å². The van der Waals surface area contributed by atoms with Crippen LogP contribution in [-0.4, -0.2) is 0 Å². The summed E-state index contributed by atoms with van der Waals surface area (Å²) in [5, 5.41) is 2.25.